The second kappa shape index (κ2) is 12.6. The van der Waals surface area contributed by atoms with Gasteiger partial charge in [-0.3, -0.25) is 4.57 Å². The number of nitrogens with zero attached hydrogens (tertiary/aromatic N) is 4. The largest absolute Gasteiger partial charge is 0.309 e. The van der Waals surface area contributed by atoms with Gasteiger partial charge in [0, 0.05) is 43.6 Å². The van der Waals surface area contributed by atoms with Crippen molar-refractivity contribution in [2.45, 2.75) is 0 Å². The van der Waals surface area contributed by atoms with Gasteiger partial charge in [-0.2, -0.15) is 0 Å². The Morgan fingerprint density at radius 3 is 1.66 bits per heavy atom. The summed E-state index contributed by atoms with van der Waals surface area (Å²) in [6.45, 7) is 0. The molecule has 0 aliphatic heterocycles. The lowest BCUT2D eigenvalue weighted by Crippen LogP contribution is -2.04. The van der Waals surface area contributed by atoms with Gasteiger partial charge >= 0.3 is 0 Å². The van der Waals surface area contributed by atoms with Gasteiger partial charge in [0.25, 0.3) is 0 Å². The summed E-state index contributed by atoms with van der Waals surface area (Å²) >= 11 is 0. The summed E-state index contributed by atoms with van der Waals surface area (Å²) in [7, 11) is 0. The Hall–Kier alpha value is -8.34. The van der Waals surface area contributed by atoms with E-state index in [1.807, 2.05) is 0 Å². The quantitative estimate of drug-likeness (QED) is 0.167. The Morgan fingerprint density at radius 1 is 0.290 bits per heavy atom. The van der Waals surface area contributed by atoms with E-state index in [-0.39, 0.29) is 0 Å². The van der Waals surface area contributed by atoms with Gasteiger partial charge in [0.1, 0.15) is 0 Å². The van der Waals surface area contributed by atoms with Gasteiger partial charge in [-0.15, -0.1) is 0 Å². The van der Waals surface area contributed by atoms with Crippen molar-refractivity contribution in [1.29, 1.82) is 0 Å². The van der Waals surface area contributed by atoms with Crippen LogP contribution < -0.4 is 0 Å². The first kappa shape index (κ1) is 33.5. The van der Waals surface area contributed by atoms with E-state index in [0.29, 0.717) is 5.95 Å². The van der Waals surface area contributed by atoms with Crippen molar-refractivity contribution in [3.8, 4) is 22.9 Å². The molecular formula is C58H34N4. The van der Waals surface area contributed by atoms with E-state index < -0.39 is 0 Å². The first-order valence-corrected chi connectivity index (χ1v) is 21.2. The van der Waals surface area contributed by atoms with Crippen LogP contribution in [0.25, 0.3) is 131 Å². The number of rotatable bonds is 3. The second-order valence-electron chi connectivity index (χ2n) is 16.5. The molecule has 286 valence electrons. The average molecular weight is 787 g/mol. The molecule has 0 atom stereocenters. The number of hydrogen-bond donors (Lipinski definition) is 0. The van der Waals surface area contributed by atoms with Crippen LogP contribution in [0.4, 0.5) is 0 Å². The predicted molar refractivity (Wildman–Crippen MR) is 261 cm³/mol. The van der Waals surface area contributed by atoms with Crippen molar-refractivity contribution in [3.05, 3.63) is 206 Å². The Balaban J connectivity index is 1.14. The average Bonchev–Trinajstić information content (AvgIpc) is 3.85. The van der Waals surface area contributed by atoms with Crippen LogP contribution in [0, 0.1) is 0 Å². The minimum absolute atomic E-state index is 0.645. The molecule has 0 saturated heterocycles. The van der Waals surface area contributed by atoms with Crippen molar-refractivity contribution in [1.82, 2.24) is 19.1 Å². The van der Waals surface area contributed by atoms with Crippen molar-refractivity contribution >= 4 is 108 Å². The topological polar surface area (TPSA) is 35.6 Å². The lowest BCUT2D eigenvalue weighted by atomic mass is 9.91. The summed E-state index contributed by atoms with van der Waals surface area (Å²) in [6.07, 6.45) is 0. The normalized spacial score (nSPS) is 12.2. The maximum absolute atomic E-state index is 5.74. The third-order valence-electron chi connectivity index (χ3n) is 13.2. The van der Waals surface area contributed by atoms with Crippen molar-refractivity contribution < 1.29 is 0 Å². The predicted octanol–water partition coefficient (Wildman–Crippen LogP) is 15.3. The fraction of sp³-hybridized carbons (Fsp3) is 0. The Labute approximate surface area is 355 Å². The van der Waals surface area contributed by atoms with Gasteiger partial charge < -0.3 is 4.57 Å². The molecule has 14 rings (SSSR count). The summed E-state index contributed by atoms with van der Waals surface area (Å²) < 4.78 is 4.70. The first-order valence-electron chi connectivity index (χ1n) is 21.2. The van der Waals surface area contributed by atoms with Crippen LogP contribution in [0.2, 0.25) is 0 Å². The van der Waals surface area contributed by atoms with E-state index >= 15 is 0 Å². The van der Waals surface area contributed by atoms with Crippen molar-refractivity contribution in [2.24, 2.45) is 0 Å². The molecule has 0 radical (unpaired) electrons. The van der Waals surface area contributed by atoms with Gasteiger partial charge in [0.15, 0.2) is 0 Å². The Kier molecular flexibility index (Phi) is 6.80. The standard InChI is InChI=1S/C58H34N4/c1-2-17-39(18-3-1)61-50-25-13-12-23-44(50)45-28-26-38(34-52(45)61)57-55-40-19-7-6-14-35(40)27-30-49(55)59-58(60-57)62-51-31-29-47-43-22-9-8-20-41(43)42-21-10-11-24-46(42)54(47)56(51)48-32-36-15-4-5-16-37(36)33-53(48)62/h1-34H. The van der Waals surface area contributed by atoms with E-state index in [9.17, 15) is 0 Å². The minimum Gasteiger partial charge on any atom is -0.309 e. The van der Waals surface area contributed by atoms with Crippen LogP contribution in [0.5, 0.6) is 0 Å². The molecule has 4 heteroatoms. The molecule has 0 amide bonds. The van der Waals surface area contributed by atoms with Crippen LogP contribution >= 0.6 is 0 Å². The maximum Gasteiger partial charge on any atom is 0.235 e. The number of aromatic nitrogens is 4. The number of para-hydroxylation sites is 2. The molecule has 0 spiro atoms. The lowest BCUT2D eigenvalue weighted by Gasteiger charge is -2.15. The molecule has 0 unspecified atom stereocenters. The van der Waals surface area contributed by atoms with Crippen LogP contribution in [0.1, 0.15) is 0 Å². The SMILES string of the molecule is c1ccc(-n2c3ccccc3c3ccc(-c4nc(-n5c6cc7ccccc7cc6c6c7c8ccccc8c8ccccc8c7ccc65)nc5ccc6ccccc6c45)cc32)cc1. The zero-order valence-electron chi connectivity index (χ0n) is 33.4. The molecule has 0 fully saturated rings. The van der Waals surface area contributed by atoms with Crippen LogP contribution in [-0.2, 0) is 0 Å². The molecule has 3 heterocycles. The highest BCUT2D eigenvalue weighted by molar-refractivity contribution is 6.36. The Morgan fingerprint density at radius 2 is 0.871 bits per heavy atom. The molecule has 0 bridgehead atoms. The van der Waals surface area contributed by atoms with E-state index in [2.05, 4.69) is 215 Å². The number of hydrogen-bond acceptors (Lipinski definition) is 2. The van der Waals surface area contributed by atoms with E-state index in [1.54, 1.807) is 0 Å². The third-order valence-corrected chi connectivity index (χ3v) is 13.2. The van der Waals surface area contributed by atoms with E-state index in [0.717, 1.165) is 55.2 Å². The number of fused-ring (bicyclic) bond motifs is 17. The first-order chi connectivity index (χ1) is 30.8. The zero-order valence-corrected chi connectivity index (χ0v) is 33.4. The van der Waals surface area contributed by atoms with Crippen LogP contribution in [0.15, 0.2) is 206 Å². The molecule has 0 aliphatic carbocycles. The molecule has 4 nitrogen and oxygen atoms in total. The van der Waals surface area contributed by atoms with Gasteiger partial charge in [-0.25, -0.2) is 9.97 Å². The zero-order chi connectivity index (χ0) is 40.5. The number of benzene rings is 11. The molecule has 62 heavy (non-hydrogen) atoms. The fourth-order valence-corrected chi connectivity index (χ4v) is 10.6. The molecule has 0 saturated carbocycles. The second-order valence-corrected chi connectivity index (χ2v) is 16.5. The maximum atomic E-state index is 5.74. The van der Waals surface area contributed by atoms with E-state index in [4.69, 9.17) is 9.97 Å². The highest BCUT2D eigenvalue weighted by Gasteiger charge is 2.23. The van der Waals surface area contributed by atoms with Crippen molar-refractivity contribution in [3.63, 3.8) is 0 Å². The third kappa shape index (κ3) is 4.61. The molecule has 0 aliphatic rings. The van der Waals surface area contributed by atoms with Crippen LogP contribution in [-0.4, -0.2) is 19.1 Å². The Bertz CT molecular complexity index is 4180. The minimum atomic E-state index is 0.645. The molecule has 3 aromatic heterocycles. The lowest BCUT2D eigenvalue weighted by molar-refractivity contribution is 1.02. The van der Waals surface area contributed by atoms with Crippen molar-refractivity contribution in [2.75, 3.05) is 0 Å². The van der Waals surface area contributed by atoms with Gasteiger partial charge in [-0.1, -0.05) is 158 Å². The van der Waals surface area contributed by atoms with Gasteiger partial charge in [-0.05, 0) is 97.0 Å². The summed E-state index contributed by atoms with van der Waals surface area (Å²) in [5, 5.41) is 18.0. The summed E-state index contributed by atoms with van der Waals surface area (Å²) in [5.41, 5.74) is 8.44. The molecule has 14 aromatic rings. The van der Waals surface area contributed by atoms with E-state index in [1.165, 1.54) is 70.2 Å². The summed E-state index contributed by atoms with van der Waals surface area (Å²) in [4.78, 5) is 11.3. The van der Waals surface area contributed by atoms with Gasteiger partial charge in [0.2, 0.25) is 5.95 Å². The van der Waals surface area contributed by atoms with Crippen LogP contribution in [0.3, 0.4) is 0 Å². The summed E-state index contributed by atoms with van der Waals surface area (Å²) in [5.74, 6) is 0.645. The molecular weight excluding hydrogens is 753 g/mol. The highest BCUT2D eigenvalue weighted by Crippen LogP contribution is 2.45. The summed E-state index contributed by atoms with van der Waals surface area (Å²) in [6, 6.07) is 74.9. The molecule has 0 N–H and O–H groups in total. The molecule has 11 aromatic carbocycles. The van der Waals surface area contributed by atoms with Gasteiger partial charge in [0.05, 0.1) is 33.3 Å². The highest BCUT2D eigenvalue weighted by atomic mass is 15.2. The fourth-order valence-electron chi connectivity index (χ4n) is 10.6. The smallest absolute Gasteiger partial charge is 0.235 e. The monoisotopic (exact) mass is 786 g/mol.